The lowest BCUT2D eigenvalue weighted by Crippen LogP contribution is -2.26. The minimum Gasteiger partial charge on any atom is -0.489 e. The standard InChI is InChI=1S/C12H21N3O/c1-15-10-12(9-14-15)16-7-6-13-8-11-4-2-3-5-11/h9-11,13H,2-8H2,1H3. The Morgan fingerprint density at radius 3 is 3.00 bits per heavy atom. The molecule has 1 aliphatic carbocycles. The van der Waals surface area contributed by atoms with Crippen molar-refractivity contribution in [3.63, 3.8) is 0 Å². The number of hydrogen-bond acceptors (Lipinski definition) is 3. The monoisotopic (exact) mass is 223 g/mol. The first kappa shape index (κ1) is 11.5. The van der Waals surface area contributed by atoms with E-state index in [1.807, 2.05) is 13.2 Å². The molecule has 0 atom stereocenters. The summed E-state index contributed by atoms with van der Waals surface area (Å²) in [5.41, 5.74) is 0. The van der Waals surface area contributed by atoms with Crippen LogP contribution in [0, 0.1) is 5.92 Å². The summed E-state index contributed by atoms with van der Waals surface area (Å²) in [6.45, 7) is 2.79. The molecule has 0 spiro atoms. The number of nitrogens with zero attached hydrogens (tertiary/aromatic N) is 2. The van der Waals surface area contributed by atoms with Crippen molar-refractivity contribution in [1.29, 1.82) is 0 Å². The molecule has 1 N–H and O–H groups in total. The van der Waals surface area contributed by atoms with Gasteiger partial charge in [-0.1, -0.05) is 12.8 Å². The molecule has 1 fully saturated rings. The maximum Gasteiger partial charge on any atom is 0.157 e. The Morgan fingerprint density at radius 2 is 2.31 bits per heavy atom. The van der Waals surface area contributed by atoms with Gasteiger partial charge in [-0.2, -0.15) is 5.10 Å². The highest BCUT2D eigenvalue weighted by atomic mass is 16.5. The Labute approximate surface area is 97.0 Å². The van der Waals surface area contributed by atoms with Gasteiger partial charge >= 0.3 is 0 Å². The molecule has 1 aromatic rings. The van der Waals surface area contributed by atoms with Gasteiger partial charge in [0.15, 0.2) is 5.75 Å². The fraction of sp³-hybridized carbons (Fsp3) is 0.750. The number of aryl methyl sites for hydroxylation is 1. The van der Waals surface area contributed by atoms with Crippen molar-refractivity contribution in [2.24, 2.45) is 13.0 Å². The summed E-state index contributed by atoms with van der Waals surface area (Å²) in [6.07, 6.45) is 9.26. The summed E-state index contributed by atoms with van der Waals surface area (Å²) in [7, 11) is 1.89. The van der Waals surface area contributed by atoms with Gasteiger partial charge < -0.3 is 10.1 Å². The van der Waals surface area contributed by atoms with Crippen molar-refractivity contribution in [3.05, 3.63) is 12.4 Å². The summed E-state index contributed by atoms with van der Waals surface area (Å²) >= 11 is 0. The smallest absolute Gasteiger partial charge is 0.157 e. The van der Waals surface area contributed by atoms with Gasteiger partial charge in [-0.25, -0.2) is 0 Å². The molecule has 1 aliphatic rings. The maximum atomic E-state index is 5.55. The lowest BCUT2D eigenvalue weighted by atomic mass is 10.1. The van der Waals surface area contributed by atoms with Crippen molar-refractivity contribution in [2.75, 3.05) is 19.7 Å². The molecule has 4 nitrogen and oxygen atoms in total. The molecule has 0 amide bonds. The third-order valence-electron chi connectivity index (χ3n) is 3.14. The van der Waals surface area contributed by atoms with Crippen LogP contribution in [0.2, 0.25) is 0 Å². The Bertz CT molecular complexity index is 305. The van der Waals surface area contributed by atoms with Crippen LogP contribution in [0.1, 0.15) is 25.7 Å². The van der Waals surface area contributed by atoms with E-state index in [0.29, 0.717) is 0 Å². The summed E-state index contributed by atoms with van der Waals surface area (Å²) < 4.78 is 7.30. The minimum atomic E-state index is 0.721. The average molecular weight is 223 g/mol. The second-order valence-electron chi connectivity index (χ2n) is 4.55. The molecule has 0 aromatic carbocycles. The van der Waals surface area contributed by atoms with Crippen LogP contribution in [-0.2, 0) is 7.05 Å². The molecule has 90 valence electrons. The van der Waals surface area contributed by atoms with E-state index in [1.165, 1.54) is 25.7 Å². The Balaban J connectivity index is 1.51. The molecule has 0 radical (unpaired) electrons. The van der Waals surface area contributed by atoms with Gasteiger partial charge in [-0.15, -0.1) is 0 Å². The van der Waals surface area contributed by atoms with Crippen LogP contribution in [0.4, 0.5) is 0 Å². The molecule has 16 heavy (non-hydrogen) atoms. The minimum absolute atomic E-state index is 0.721. The third kappa shape index (κ3) is 3.52. The zero-order chi connectivity index (χ0) is 11.2. The van der Waals surface area contributed by atoms with Crippen LogP contribution in [-0.4, -0.2) is 29.5 Å². The number of rotatable bonds is 6. The zero-order valence-corrected chi connectivity index (χ0v) is 9.98. The van der Waals surface area contributed by atoms with Crippen LogP contribution in [0.25, 0.3) is 0 Å². The van der Waals surface area contributed by atoms with Gasteiger partial charge in [-0.3, -0.25) is 4.68 Å². The van der Waals surface area contributed by atoms with Gasteiger partial charge in [0.2, 0.25) is 0 Å². The second kappa shape index (κ2) is 5.89. The Hall–Kier alpha value is -1.03. The van der Waals surface area contributed by atoms with Crippen molar-refractivity contribution < 1.29 is 4.74 Å². The van der Waals surface area contributed by atoms with Gasteiger partial charge in [0.05, 0.1) is 12.4 Å². The Morgan fingerprint density at radius 1 is 1.50 bits per heavy atom. The molecule has 4 heteroatoms. The summed E-state index contributed by atoms with van der Waals surface area (Å²) in [5.74, 6) is 1.75. The van der Waals surface area contributed by atoms with E-state index >= 15 is 0 Å². The summed E-state index contributed by atoms with van der Waals surface area (Å²) in [4.78, 5) is 0. The van der Waals surface area contributed by atoms with Crippen molar-refractivity contribution in [1.82, 2.24) is 15.1 Å². The van der Waals surface area contributed by atoms with E-state index in [-0.39, 0.29) is 0 Å². The van der Waals surface area contributed by atoms with E-state index in [1.54, 1.807) is 10.9 Å². The van der Waals surface area contributed by atoms with E-state index < -0.39 is 0 Å². The quantitative estimate of drug-likeness (QED) is 0.744. The SMILES string of the molecule is Cn1cc(OCCNCC2CCCC2)cn1. The number of hydrogen-bond donors (Lipinski definition) is 1. The highest BCUT2D eigenvalue weighted by Crippen LogP contribution is 2.23. The molecule has 2 rings (SSSR count). The summed E-state index contributed by atoms with van der Waals surface area (Å²) in [6, 6.07) is 0. The Kier molecular flexibility index (Phi) is 4.22. The first-order chi connectivity index (χ1) is 7.84. The second-order valence-corrected chi connectivity index (χ2v) is 4.55. The molecular formula is C12H21N3O. The molecule has 1 aromatic heterocycles. The predicted molar refractivity (Wildman–Crippen MR) is 63.5 cm³/mol. The van der Waals surface area contributed by atoms with E-state index in [2.05, 4.69) is 10.4 Å². The average Bonchev–Trinajstić information content (AvgIpc) is 2.89. The first-order valence-corrected chi connectivity index (χ1v) is 6.17. The molecular weight excluding hydrogens is 202 g/mol. The van der Waals surface area contributed by atoms with Gasteiger partial charge in [0.25, 0.3) is 0 Å². The van der Waals surface area contributed by atoms with E-state index in [4.69, 9.17) is 4.74 Å². The van der Waals surface area contributed by atoms with Crippen LogP contribution in [0.5, 0.6) is 5.75 Å². The van der Waals surface area contributed by atoms with Crippen LogP contribution in [0.15, 0.2) is 12.4 Å². The molecule has 0 bridgehead atoms. The van der Waals surface area contributed by atoms with Crippen LogP contribution < -0.4 is 10.1 Å². The fourth-order valence-corrected chi connectivity index (χ4v) is 2.24. The van der Waals surface area contributed by atoms with Gasteiger partial charge in [0, 0.05) is 13.6 Å². The molecule has 1 saturated carbocycles. The van der Waals surface area contributed by atoms with Crippen LogP contribution >= 0.6 is 0 Å². The maximum absolute atomic E-state index is 5.55. The first-order valence-electron chi connectivity index (χ1n) is 6.17. The van der Waals surface area contributed by atoms with Gasteiger partial charge in [-0.05, 0) is 25.3 Å². The van der Waals surface area contributed by atoms with E-state index in [9.17, 15) is 0 Å². The molecule has 1 heterocycles. The fourth-order valence-electron chi connectivity index (χ4n) is 2.24. The zero-order valence-electron chi connectivity index (χ0n) is 9.98. The normalized spacial score (nSPS) is 16.8. The molecule has 0 saturated heterocycles. The number of ether oxygens (including phenoxy) is 1. The molecule has 0 aliphatic heterocycles. The number of aromatic nitrogens is 2. The highest BCUT2D eigenvalue weighted by molar-refractivity contribution is 5.11. The largest absolute Gasteiger partial charge is 0.489 e. The molecule has 0 unspecified atom stereocenters. The van der Waals surface area contributed by atoms with E-state index in [0.717, 1.165) is 31.4 Å². The van der Waals surface area contributed by atoms with Crippen molar-refractivity contribution in [2.45, 2.75) is 25.7 Å². The van der Waals surface area contributed by atoms with Crippen molar-refractivity contribution in [3.8, 4) is 5.75 Å². The topological polar surface area (TPSA) is 39.1 Å². The summed E-state index contributed by atoms with van der Waals surface area (Å²) in [5, 5.41) is 7.50. The third-order valence-corrected chi connectivity index (χ3v) is 3.14. The van der Waals surface area contributed by atoms with Gasteiger partial charge in [0.1, 0.15) is 6.61 Å². The lowest BCUT2D eigenvalue weighted by Gasteiger charge is -2.10. The van der Waals surface area contributed by atoms with Crippen molar-refractivity contribution >= 4 is 0 Å². The highest BCUT2D eigenvalue weighted by Gasteiger charge is 2.13. The van der Waals surface area contributed by atoms with Crippen LogP contribution in [0.3, 0.4) is 0 Å². The predicted octanol–water partition coefficient (Wildman–Crippen LogP) is 1.58. The lowest BCUT2D eigenvalue weighted by molar-refractivity contribution is 0.308. The number of nitrogens with one attached hydrogen (secondary N) is 1.